The third-order valence-corrected chi connectivity index (χ3v) is 3.17. The number of fused-ring (bicyclic) bond motifs is 2. The molecule has 0 aromatic rings. The monoisotopic (exact) mass is 192 g/mol. The summed E-state index contributed by atoms with van der Waals surface area (Å²) < 4.78 is 0. The lowest BCUT2D eigenvalue weighted by molar-refractivity contribution is -0.290. The van der Waals surface area contributed by atoms with Crippen LogP contribution < -0.4 is 0 Å². The van der Waals surface area contributed by atoms with E-state index in [2.05, 4.69) is 15.9 Å². The van der Waals surface area contributed by atoms with E-state index in [1.54, 1.807) is 0 Å². The molecule has 2 nitrogen and oxygen atoms in total. The summed E-state index contributed by atoms with van der Waals surface area (Å²) in [5.41, 5.74) is 0. The molecule has 0 radical (unpaired) electrons. The van der Waals surface area contributed by atoms with Crippen LogP contribution in [0, 0.1) is 0 Å². The molecule has 9 heavy (non-hydrogen) atoms. The van der Waals surface area contributed by atoms with Crippen LogP contribution in [0.1, 0.15) is 19.3 Å². The SMILES string of the molecule is BrC1[C@@H]2CCC[C@H]1OO2. The van der Waals surface area contributed by atoms with Gasteiger partial charge in [0.1, 0.15) is 12.2 Å². The Hall–Kier alpha value is 0.400. The fourth-order valence-corrected chi connectivity index (χ4v) is 2.13. The van der Waals surface area contributed by atoms with Crippen molar-refractivity contribution >= 4 is 15.9 Å². The van der Waals surface area contributed by atoms with Crippen molar-refractivity contribution in [1.29, 1.82) is 0 Å². The molecule has 0 aromatic heterocycles. The first-order chi connectivity index (χ1) is 4.38. The predicted octanol–water partition coefficient (Wildman–Crippen LogP) is 1.63. The molecule has 0 N–H and O–H groups in total. The van der Waals surface area contributed by atoms with Crippen LogP contribution in [-0.4, -0.2) is 17.0 Å². The Morgan fingerprint density at radius 2 is 1.67 bits per heavy atom. The average Bonchev–Trinajstić information content (AvgIpc) is 2.19. The molecule has 2 fully saturated rings. The van der Waals surface area contributed by atoms with Crippen molar-refractivity contribution in [1.82, 2.24) is 0 Å². The van der Waals surface area contributed by atoms with Crippen molar-refractivity contribution in [2.24, 2.45) is 0 Å². The zero-order valence-electron chi connectivity index (χ0n) is 5.05. The average molecular weight is 193 g/mol. The van der Waals surface area contributed by atoms with Crippen molar-refractivity contribution in [2.45, 2.75) is 36.3 Å². The third kappa shape index (κ3) is 0.914. The molecule has 0 amide bonds. The van der Waals surface area contributed by atoms with Gasteiger partial charge < -0.3 is 0 Å². The molecule has 1 aliphatic carbocycles. The zero-order chi connectivity index (χ0) is 6.27. The Kier molecular flexibility index (Phi) is 1.51. The third-order valence-electron chi connectivity index (χ3n) is 1.99. The highest BCUT2D eigenvalue weighted by molar-refractivity contribution is 9.09. The Labute approximate surface area is 62.6 Å². The zero-order valence-corrected chi connectivity index (χ0v) is 6.63. The Morgan fingerprint density at radius 1 is 1.11 bits per heavy atom. The molecule has 3 atom stereocenters. The van der Waals surface area contributed by atoms with Crippen LogP contribution >= 0.6 is 15.9 Å². The van der Waals surface area contributed by atoms with Crippen LogP contribution in [0.2, 0.25) is 0 Å². The van der Waals surface area contributed by atoms with Gasteiger partial charge in [-0.2, -0.15) is 0 Å². The molecular formula is C6H9BrO2. The first kappa shape index (κ1) is 6.13. The standard InChI is InChI=1S/C6H9BrO2/c7-6-4-2-1-3-5(6)9-8-4/h4-6H,1-3H2/t4-,5+,6?. The van der Waals surface area contributed by atoms with E-state index in [0.29, 0.717) is 17.0 Å². The molecule has 2 rings (SSSR count). The number of rotatable bonds is 0. The molecule has 2 aliphatic rings. The summed E-state index contributed by atoms with van der Waals surface area (Å²) in [4.78, 5) is 10.5. The van der Waals surface area contributed by atoms with E-state index < -0.39 is 0 Å². The van der Waals surface area contributed by atoms with Crippen molar-refractivity contribution in [3.8, 4) is 0 Å². The fourth-order valence-electron chi connectivity index (χ4n) is 1.42. The normalized spacial score (nSPS) is 49.7. The van der Waals surface area contributed by atoms with Crippen LogP contribution in [0.3, 0.4) is 0 Å². The van der Waals surface area contributed by atoms with Gasteiger partial charge in [0.2, 0.25) is 0 Å². The van der Waals surface area contributed by atoms with Gasteiger partial charge in [-0.05, 0) is 19.3 Å². The van der Waals surface area contributed by atoms with Crippen molar-refractivity contribution in [3.63, 3.8) is 0 Å². The van der Waals surface area contributed by atoms with E-state index >= 15 is 0 Å². The van der Waals surface area contributed by atoms with Gasteiger partial charge in [-0.1, -0.05) is 15.9 Å². The maximum Gasteiger partial charge on any atom is 0.108 e. The lowest BCUT2D eigenvalue weighted by Crippen LogP contribution is -2.28. The van der Waals surface area contributed by atoms with Gasteiger partial charge in [0.25, 0.3) is 0 Å². The van der Waals surface area contributed by atoms with Crippen LogP contribution in [0.5, 0.6) is 0 Å². The maximum atomic E-state index is 5.04. The molecule has 0 spiro atoms. The first-order valence-corrected chi connectivity index (χ1v) is 4.26. The second kappa shape index (κ2) is 2.22. The number of halogens is 1. The summed E-state index contributed by atoms with van der Waals surface area (Å²) in [5, 5.41) is 0. The summed E-state index contributed by atoms with van der Waals surface area (Å²) in [6.07, 6.45) is 4.18. The minimum atomic E-state index is 0.323. The summed E-state index contributed by atoms with van der Waals surface area (Å²) in [6, 6.07) is 0. The van der Waals surface area contributed by atoms with Gasteiger partial charge >= 0.3 is 0 Å². The quantitative estimate of drug-likeness (QED) is 0.430. The second-order valence-corrected chi connectivity index (χ2v) is 3.70. The topological polar surface area (TPSA) is 18.5 Å². The van der Waals surface area contributed by atoms with Crippen molar-refractivity contribution < 1.29 is 9.78 Å². The van der Waals surface area contributed by atoms with Gasteiger partial charge in [0.05, 0.1) is 4.83 Å². The van der Waals surface area contributed by atoms with Crippen LogP contribution in [0.4, 0.5) is 0 Å². The number of alkyl halides is 1. The van der Waals surface area contributed by atoms with Crippen LogP contribution in [0.25, 0.3) is 0 Å². The van der Waals surface area contributed by atoms with Gasteiger partial charge in [-0.25, -0.2) is 9.78 Å². The lowest BCUT2D eigenvalue weighted by Gasteiger charge is -2.18. The van der Waals surface area contributed by atoms with E-state index in [1.165, 1.54) is 6.42 Å². The van der Waals surface area contributed by atoms with E-state index in [1.807, 2.05) is 0 Å². The van der Waals surface area contributed by atoms with Gasteiger partial charge in [0.15, 0.2) is 0 Å². The fraction of sp³-hybridized carbons (Fsp3) is 1.00. The highest BCUT2D eigenvalue weighted by atomic mass is 79.9. The highest BCUT2D eigenvalue weighted by Gasteiger charge is 2.40. The van der Waals surface area contributed by atoms with Crippen LogP contribution in [0.15, 0.2) is 0 Å². The molecule has 1 aliphatic heterocycles. The van der Waals surface area contributed by atoms with E-state index in [0.717, 1.165) is 12.8 Å². The Balaban J connectivity index is 2.10. The Bertz CT molecular complexity index is 102. The van der Waals surface area contributed by atoms with E-state index in [-0.39, 0.29) is 0 Å². The molecule has 1 unspecified atom stereocenters. The highest BCUT2D eigenvalue weighted by Crippen LogP contribution is 2.35. The molecule has 1 saturated heterocycles. The summed E-state index contributed by atoms with van der Waals surface area (Å²) in [7, 11) is 0. The summed E-state index contributed by atoms with van der Waals surface area (Å²) in [6.45, 7) is 0. The van der Waals surface area contributed by atoms with Gasteiger partial charge in [0, 0.05) is 0 Å². The minimum absolute atomic E-state index is 0.323. The van der Waals surface area contributed by atoms with Crippen molar-refractivity contribution in [3.05, 3.63) is 0 Å². The molecule has 3 heteroatoms. The van der Waals surface area contributed by atoms with Gasteiger partial charge in [-0.3, -0.25) is 0 Å². The number of hydrogen-bond acceptors (Lipinski definition) is 2. The predicted molar refractivity (Wildman–Crippen MR) is 36.3 cm³/mol. The molecular weight excluding hydrogens is 184 g/mol. The number of hydrogen-bond donors (Lipinski definition) is 0. The van der Waals surface area contributed by atoms with Crippen LogP contribution in [-0.2, 0) is 9.78 Å². The molecule has 1 heterocycles. The molecule has 1 saturated carbocycles. The largest absolute Gasteiger partial charge is 0.232 e. The Morgan fingerprint density at radius 3 is 2.11 bits per heavy atom. The molecule has 0 aromatic carbocycles. The second-order valence-electron chi connectivity index (χ2n) is 2.64. The molecule has 52 valence electrons. The van der Waals surface area contributed by atoms with E-state index in [9.17, 15) is 0 Å². The molecule has 2 bridgehead atoms. The minimum Gasteiger partial charge on any atom is -0.232 e. The van der Waals surface area contributed by atoms with E-state index in [4.69, 9.17) is 9.78 Å². The van der Waals surface area contributed by atoms with Crippen molar-refractivity contribution in [2.75, 3.05) is 0 Å². The summed E-state index contributed by atoms with van der Waals surface area (Å²) >= 11 is 3.53. The summed E-state index contributed by atoms with van der Waals surface area (Å²) in [5.74, 6) is 0. The smallest absolute Gasteiger partial charge is 0.108 e. The lowest BCUT2D eigenvalue weighted by atomic mass is 9.96. The first-order valence-electron chi connectivity index (χ1n) is 3.34. The maximum absolute atomic E-state index is 5.04. The van der Waals surface area contributed by atoms with Gasteiger partial charge in [-0.15, -0.1) is 0 Å².